The Bertz CT molecular complexity index is 1420. The van der Waals surface area contributed by atoms with Crippen LogP contribution in [0.15, 0.2) is 66.7 Å². The van der Waals surface area contributed by atoms with Crippen molar-refractivity contribution < 1.29 is 32.5 Å². The molecule has 2 heterocycles. The second kappa shape index (κ2) is 11.6. The Morgan fingerprint density at radius 1 is 0.974 bits per heavy atom. The summed E-state index contributed by atoms with van der Waals surface area (Å²) >= 11 is 6.61. The van der Waals surface area contributed by atoms with Crippen LogP contribution in [-0.2, 0) is 31.4 Å². The molecule has 3 aromatic carbocycles. The summed E-state index contributed by atoms with van der Waals surface area (Å²) in [7, 11) is -2.88. The molecule has 0 bridgehead atoms. The molecule has 0 radical (unpaired) electrons. The van der Waals surface area contributed by atoms with Gasteiger partial charge < -0.3 is 19.3 Å². The molecule has 7 nitrogen and oxygen atoms in total. The van der Waals surface area contributed by atoms with E-state index in [2.05, 4.69) is 0 Å². The van der Waals surface area contributed by atoms with Crippen molar-refractivity contribution in [2.45, 2.75) is 31.3 Å². The molecular formula is C30H31ClO7S. The van der Waals surface area contributed by atoms with E-state index in [4.69, 9.17) is 25.8 Å². The Kier molecular flexibility index (Phi) is 8.16. The maximum atomic E-state index is 11.6. The van der Waals surface area contributed by atoms with Crippen molar-refractivity contribution >= 4 is 27.4 Å². The van der Waals surface area contributed by atoms with Crippen LogP contribution in [0.4, 0.5) is 0 Å². The third kappa shape index (κ3) is 6.75. The van der Waals surface area contributed by atoms with Crippen LogP contribution in [0.1, 0.15) is 30.4 Å². The highest BCUT2D eigenvalue weighted by Crippen LogP contribution is 2.37. The number of aliphatic carboxylic acids is 1. The van der Waals surface area contributed by atoms with Crippen LogP contribution in [0, 0.1) is 5.92 Å². The number of rotatable bonds is 10. The SMILES string of the molecule is O=C(O)CC1(c2ccc(OCc3cccc(-c4ccc(OCC5CCS(=O)(=O)CC5)cc4Cl)c3)cc2)COC1. The average molecular weight is 571 g/mol. The summed E-state index contributed by atoms with van der Waals surface area (Å²) in [4.78, 5) is 11.3. The Balaban J connectivity index is 1.18. The molecule has 0 aromatic heterocycles. The predicted octanol–water partition coefficient (Wildman–Crippen LogP) is 5.53. The molecular weight excluding hydrogens is 540 g/mol. The number of sulfone groups is 1. The summed E-state index contributed by atoms with van der Waals surface area (Å²) in [5, 5.41) is 9.82. The molecule has 206 valence electrons. The van der Waals surface area contributed by atoms with Gasteiger partial charge in [-0.3, -0.25) is 4.79 Å². The molecule has 5 rings (SSSR count). The topological polar surface area (TPSA) is 99.1 Å². The Labute approximate surface area is 233 Å². The lowest BCUT2D eigenvalue weighted by Gasteiger charge is -2.40. The van der Waals surface area contributed by atoms with Crippen LogP contribution in [0.25, 0.3) is 11.1 Å². The van der Waals surface area contributed by atoms with Crippen molar-refractivity contribution in [3.8, 4) is 22.6 Å². The second-order valence-electron chi connectivity index (χ2n) is 10.4. The van der Waals surface area contributed by atoms with Crippen LogP contribution in [0.3, 0.4) is 0 Å². The standard InChI is InChI=1S/C30H31ClO7S/c31-28-15-26(38-17-21-10-12-39(34,35)13-11-21)8-9-27(28)23-3-1-2-22(14-23)18-37-25-6-4-24(5-7-25)30(16-29(32)33)19-36-20-30/h1-9,14-15,21H,10-13,16-20H2,(H,32,33). The number of carboxylic acid groups (broad SMARTS) is 1. The zero-order valence-electron chi connectivity index (χ0n) is 21.5. The van der Waals surface area contributed by atoms with Crippen molar-refractivity contribution in [3.05, 3.63) is 82.9 Å². The lowest BCUT2D eigenvalue weighted by atomic mass is 9.76. The highest BCUT2D eigenvalue weighted by Gasteiger charge is 2.42. The van der Waals surface area contributed by atoms with Gasteiger partial charge in [0.25, 0.3) is 0 Å². The Hall–Kier alpha value is -3.07. The minimum Gasteiger partial charge on any atom is -0.493 e. The fourth-order valence-electron chi connectivity index (χ4n) is 5.05. The maximum Gasteiger partial charge on any atom is 0.304 e. The van der Waals surface area contributed by atoms with E-state index in [1.54, 1.807) is 6.07 Å². The van der Waals surface area contributed by atoms with E-state index in [-0.39, 0.29) is 23.8 Å². The zero-order chi connectivity index (χ0) is 27.5. The number of hydrogen-bond acceptors (Lipinski definition) is 6. The minimum absolute atomic E-state index is 0.0442. The molecule has 9 heteroatoms. The molecule has 0 spiro atoms. The molecule has 0 saturated carbocycles. The lowest BCUT2D eigenvalue weighted by molar-refractivity contribution is -0.145. The molecule has 0 aliphatic carbocycles. The summed E-state index contributed by atoms with van der Waals surface area (Å²) in [5.41, 5.74) is 3.30. The molecule has 2 aliphatic rings. The molecule has 2 saturated heterocycles. The lowest BCUT2D eigenvalue weighted by Crippen LogP contribution is -2.48. The first-order chi connectivity index (χ1) is 18.7. The van der Waals surface area contributed by atoms with Crippen molar-refractivity contribution in [1.82, 2.24) is 0 Å². The largest absolute Gasteiger partial charge is 0.493 e. The third-order valence-electron chi connectivity index (χ3n) is 7.46. The van der Waals surface area contributed by atoms with E-state index >= 15 is 0 Å². The van der Waals surface area contributed by atoms with E-state index < -0.39 is 21.2 Å². The number of ether oxygens (including phenoxy) is 3. The fourth-order valence-corrected chi connectivity index (χ4v) is 6.92. The molecule has 2 aliphatic heterocycles. The summed E-state index contributed by atoms with van der Waals surface area (Å²) in [6.45, 7) is 1.67. The molecule has 1 N–H and O–H groups in total. The smallest absolute Gasteiger partial charge is 0.304 e. The van der Waals surface area contributed by atoms with Crippen LogP contribution in [0.2, 0.25) is 5.02 Å². The molecule has 2 fully saturated rings. The highest BCUT2D eigenvalue weighted by molar-refractivity contribution is 7.91. The van der Waals surface area contributed by atoms with Crippen LogP contribution < -0.4 is 9.47 Å². The van der Waals surface area contributed by atoms with E-state index in [0.717, 1.165) is 22.3 Å². The van der Waals surface area contributed by atoms with E-state index in [1.165, 1.54) is 0 Å². The molecule has 39 heavy (non-hydrogen) atoms. The second-order valence-corrected chi connectivity index (χ2v) is 13.1. The van der Waals surface area contributed by atoms with Gasteiger partial charge in [0.05, 0.1) is 48.2 Å². The van der Waals surface area contributed by atoms with Crippen molar-refractivity contribution in [1.29, 1.82) is 0 Å². The number of benzene rings is 3. The van der Waals surface area contributed by atoms with Gasteiger partial charge in [-0.15, -0.1) is 0 Å². The number of halogens is 1. The van der Waals surface area contributed by atoms with Crippen LogP contribution in [0.5, 0.6) is 11.5 Å². The first-order valence-corrected chi connectivity index (χ1v) is 15.2. The van der Waals surface area contributed by atoms with Gasteiger partial charge in [-0.2, -0.15) is 0 Å². The molecule has 0 atom stereocenters. The normalized spacial score (nSPS) is 18.2. The number of carbonyl (C=O) groups is 1. The molecule has 0 amide bonds. The van der Waals surface area contributed by atoms with Gasteiger partial charge in [-0.1, -0.05) is 41.9 Å². The van der Waals surface area contributed by atoms with E-state index in [1.807, 2.05) is 60.7 Å². The Morgan fingerprint density at radius 3 is 2.33 bits per heavy atom. The average Bonchev–Trinajstić information content (AvgIpc) is 2.89. The summed E-state index contributed by atoms with van der Waals surface area (Å²) < 4.78 is 40.5. The monoisotopic (exact) mass is 570 g/mol. The Morgan fingerprint density at radius 2 is 1.69 bits per heavy atom. The summed E-state index contributed by atoms with van der Waals surface area (Å²) in [5.74, 6) is 1.23. The van der Waals surface area contributed by atoms with E-state index in [9.17, 15) is 18.3 Å². The van der Waals surface area contributed by atoms with Gasteiger partial charge >= 0.3 is 5.97 Å². The van der Waals surface area contributed by atoms with Gasteiger partial charge in [0.15, 0.2) is 0 Å². The van der Waals surface area contributed by atoms with Gasteiger partial charge in [0, 0.05) is 5.56 Å². The van der Waals surface area contributed by atoms with Gasteiger partial charge in [-0.25, -0.2) is 8.42 Å². The minimum atomic E-state index is -2.88. The maximum absolute atomic E-state index is 11.6. The molecule has 3 aromatic rings. The van der Waals surface area contributed by atoms with Crippen LogP contribution in [-0.4, -0.2) is 50.8 Å². The quantitative estimate of drug-likeness (QED) is 0.342. The number of hydrogen-bond donors (Lipinski definition) is 1. The van der Waals surface area contributed by atoms with Gasteiger partial charge in [0.1, 0.15) is 27.9 Å². The van der Waals surface area contributed by atoms with Crippen molar-refractivity contribution in [2.24, 2.45) is 5.92 Å². The third-order valence-corrected chi connectivity index (χ3v) is 9.49. The predicted molar refractivity (Wildman–Crippen MR) is 149 cm³/mol. The van der Waals surface area contributed by atoms with Gasteiger partial charge in [-0.05, 0) is 71.8 Å². The van der Waals surface area contributed by atoms with Crippen LogP contribution >= 0.6 is 11.6 Å². The molecule has 0 unspecified atom stereocenters. The van der Waals surface area contributed by atoms with E-state index in [0.29, 0.717) is 55.8 Å². The zero-order valence-corrected chi connectivity index (χ0v) is 23.0. The highest BCUT2D eigenvalue weighted by atomic mass is 35.5. The first-order valence-electron chi connectivity index (χ1n) is 13.0. The van der Waals surface area contributed by atoms with Crippen molar-refractivity contribution in [3.63, 3.8) is 0 Å². The fraction of sp³-hybridized carbons (Fsp3) is 0.367. The van der Waals surface area contributed by atoms with Gasteiger partial charge in [0.2, 0.25) is 0 Å². The summed E-state index contributed by atoms with van der Waals surface area (Å²) in [6.07, 6.45) is 1.31. The van der Waals surface area contributed by atoms with Crippen molar-refractivity contribution in [2.75, 3.05) is 31.3 Å². The first kappa shape index (κ1) is 27.5. The summed E-state index contributed by atoms with van der Waals surface area (Å²) in [6, 6.07) is 21.1. The number of carboxylic acids is 1.